The van der Waals surface area contributed by atoms with E-state index in [4.69, 9.17) is 0 Å². The Balaban J connectivity index is 2.30. The number of rotatable bonds is 3. The lowest BCUT2D eigenvalue weighted by Gasteiger charge is -2.08. The first-order chi connectivity index (χ1) is 6.31. The minimum atomic E-state index is 0.864. The Labute approximate surface area is 81.0 Å². The van der Waals surface area contributed by atoms with Crippen LogP contribution in [0.15, 0.2) is 18.2 Å². The van der Waals surface area contributed by atoms with Gasteiger partial charge in [0, 0.05) is 0 Å². The molecule has 0 aliphatic heterocycles. The minimum Gasteiger partial charge on any atom is -0.0651 e. The van der Waals surface area contributed by atoms with E-state index in [9.17, 15) is 0 Å². The van der Waals surface area contributed by atoms with E-state index in [0.29, 0.717) is 0 Å². The van der Waals surface area contributed by atoms with E-state index < -0.39 is 0 Å². The van der Waals surface area contributed by atoms with E-state index >= 15 is 0 Å². The van der Waals surface area contributed by atoms with E-state index in [1.165, 1.54) is 31.2 Å². The van der Waals surface area contributed by atoms with Gasteiger partial charge < -0.3 is 0 Å². The second-order valence-electron chi connectivity index (χ2n) is 4.06. The Morgan fingerprint density at radius 1 is 1.38 bits per heavy atom. The molecule has 0 heterocycles. The molecule has 1 radical (unpaired) electrons. The predicted molar refractivity (Wildman–Crippen MR) is 56.9 cm³/mol. The summed E-state index contributed by atoms with van der Waals surface area (Å²) in [6.45, 7) is 6.24. The molecule has 0 atom stereocenters. The molecule has 0 spiro atoms. The molecule has 13 heavy (non-hydrogen) atoms. The SMILES string of the molecule is [CH2]c1ccc(CCC)c(C2CC2)c1. The van der Waals surface area contributed by atoms with E-state index in [1.807, 2.05) is 0 Å². The Kier molecular flexibility index (Phi) is 2.39. The van der Waals surface area contributed by atoms with Crippen LogP contribution in [0.3, 0.4) is 0 Å². The Hall–Kier alpha value is -0.780. The summed E-state index contributed by atoms with van der Waals surface area (Å²) in [5.41, 5.74) is 4.30. The molecule has 0 heteroatoms. The predicted octanol–water partition coefficient (Wildman–Crippen LogP) is 3.70. The number of aryl methyl sites for hydroxylation is 1. The topological polar surface area (TPSA) is 0 Å². The molecule has 1 aromatic rings. The normalized spacial score (nSPS) is 16.2. The van der Waals surface area contributed by atoms with Crippen LogP contribution in [0, 0.1) is 6.92 Å². The van der Waals surface area contributed by atoms with Gasteiger partial charge in [-0.15, -0.1) is 0 Å². The van der Waals surface area contributed by atoms with Gasteiger partial charge in [-0.2, -0.15) is 0 Å². The van der Waals surface area contributed by atoms with Crippen LogP contribution in [-0.4, -0.2) is 0 Å². The zero-order valence-electron chi connectivity index (χ0n) is 8.34. The van der Waals surface area contributed by atoms with Crippen molar-refractivity contribution in [3.63, 3.8) is 0 Å². The summed E-state index contributed by atoms with van der Waals surface area (Å²) in [5, 5.41) is 0. The van der Waals surface area contributed by atoms with Crippen LogP contribution < -0.4 is 0 Å². The maximum Gasteiger partial charge on any atom is -0.0159 e. The minimum absolute atomic E-state index is 0.864. The van der Waals surface area contributed by atoms with Crippen molar-refractivity contribution in [3.8, 4) is 0 Å². The summed E-state index contributed by atoms with van der Waals surface area (Å²) in [6.07, 6.45) is 5.25. The van der Waals surface area contributed by atoms with Crippen molar-refractivity contribution in [2.45, 2.75) is 38.5 Å². The molecule has 0 bridgehead atoms. The van der Waals surface area contributed by atoms with Gasteiger partial charge in [-0.25, -0.2) is 0 Å². The third-order valence-corrected chi connectivity index (χ3v) is 2.75. The molecule has 1 aromatic carbocycles. The molecule has 1 fully saturated rings. The highest BCUT2D eigenvalue weighted by Crippen LogP contribution is 2.42. The maximum atomic E-state index is 3.99. The van der Waals surface area contributed by atoms with Crippen molar-refractivity contribution in [1.82, 2.24) is 0 Å². The molecule has 0 nitrogen and oxygen atoms in total. The lowest BCUT2D eigenvalue weighted by Crippen LogP contribution is -1.92. The van der Waals surface area contributed by atoms with Crippen molar-refractivity contribution < 1.29 is 0 Å². The third-order valence-electron chi connectivity index (χ3n) is 2.75. The molecule has 0 unspecified atom stereocenters. The zero-order valence-corrected chi connectivity index (χ0v) is 8.34. The summed E-state index contributed by atoms with van der Waals surface area (Å²) in [4.78, 5) is 0. The van der Waals surface area contributed by atoms with Crippen LogP contribution in [-0.2, 0) is 6.42 Å². The van der Waals surface area contributed by atoms with Gasteiger partial charge in [0.2, 0.25) is 0 Å². The Morgan fingerprint density at radius 2 is 2.15 bits per heavy atom. The molecule has 2 rings (SSSR count). The van der Waals surface area contributed by atoms with Gasteiger partial charge in [-0.1, -0.05) is 31.5 Å². The lowest BCUT2D eigenvalue weighted by molar-refractivity contribution is 0.896. The van der Waals surface area contributed by atoms with Gasteiger partial charge in [0.05, 0.1) is 0 Å². The lowest BCUT2D eigenvalue weighted by atomic mass is 9.97. The first-order valence-electron chi connectivity index (χ1n) is 5.26. The molecule has 1 saturated carbocycles. The highest BCUT2D eigenvalue weighted by atomic mass is 14.3. The first-order valence-corrected chi connectivity index (χ1v) is 5.26. The highest BCUT2D eigenvalue weighted by Gasteiger charge is 2.25. The van der Waals surface area contributed by atoms with E-state index in [-0.39, 0.29) is 0 Å². The molecule has 0 amide bonds. The van der Waals surface area contributed by atoms with Gasteiger partial charge in [0.15, 0.2) is 0 Å². The summed E-state index contributed by atoms with van der Waals surface area (Å²) in [6, 6.07) is 6.68. The fourth-order valence-corrected chi connectivity index (χ4v) is 1.92. The van der Waals surface area contributed by atoms with E-state index in [1.54, 1.807) is 11.1 Å². The Morgan fingerprint density at radius 3 is 2.77 bits per heavy atom. The summed E-state index contributed by atoms with van der Waals surface area (Å²) < 4.78 is 0. The average Bonchev–Trinajstić information content (AvgIpc) is 2.91. The summed E-state index contributed by atoms with van der Waals surface area (Å²) >= 11 is 0. The molecule has 1 aliphatic carbocycles. The molecular formula is C13H17. The quantitative estimate of drug-likeness (QED) is 0.653. The van der Waals surface area contributed by atoms with Crippen molar-refractivity contribution in [2.75, 3.05) is 0 Å². The standard InChI is InChI=1S/C13H17/c1-3-4-11-6-5-10(2)9-13(11)12-7-8-12/h5-6,9,12H,2-4,7-8H2,1H3. The smallest absolute Gasteiger partial charge is 0.0159 e. The van der Waals surface area contributed by atoms with Crippen LogP contribution in [0.25, 0.3) is 0 Å². The number of hydrogen-bond acceptors (Lipinski definition) is 0. The summed E-state index contributed by atoms with van der Waals surface area (Å²) in [7, 11) is 0. The number of hydrogen-bond donors (Lipinski definition) is 0. The van der Waals surface area contributed by atoms with Gasteiger partial charge in [0.25, 0.3) is 0 Å². The third kappa shape index (κ3) is 1.93. The van der Waals surface area contributed by atoms with Gasteiger partial charge in [-0.3, -0.25) is 0 Å². The number of benzene rings is 1. The van der Waals surface area contributed by atoms with Crippen LogP contribution in [0.2, 0.25) is 0 Å². The Bertz CT molecular complexity index is 295. The monoisotopic (exact) mass is 173 g/mol. The fraction of sp³-hybridized carbons (Fsp3) is 0.462. The van der Waals surface area contributed by atoms with Crippen molar-refractivity contribution in [1.29, 1.82) is 0 Å². The zero-order chi connectivity index (χ0) is 9.26. The fourth-order valence-electron chi connectivity index (χ4n) is 1.92. The molecule has 0 saturated heterocycles. The van der Waals surface area contributed by atoms with E-state index in [2.05, 4.69) is 32.0 Å². The van der Waals surface area contributed by atoms with Crippen LogP contribution in [0.5, 0.6) is 0 Å². The molecule has 1 aliphatic rings. The van der Waals surface area contributed by atoms with Crippen molar-refractivity contribution >= 4 is 0 Å². The maximum absolute atomic E-state index is 3.99. The largest absolute Gasteiger partial charge is 0.0651 e. The molecule has 0 N–H and O–H groups in total. The first kappa shape index (κ1) is 8.80. The molecule has 0 aromatic heterocycles. The second-order valence-corrected chi connectivity index (χ2v) is 4.06. The van der Waals surface area contributed by atoms with E-state index in [0.717, 1.165) is 5.92 Å². The second kappa shape index (κ2) is 3.53. The van der Waals surface area contributed by atoms with Crippen LogP contribution >= 0.6 is 0 Å². The van der Waals surface area contributed by atoms with Crippen molar-refractivity contribution in [3.05, 3.63) is 41.8 Å². The van der Waals surface area contributed by atoms with Crippen LogP contribution in [0.1, 0.15) is 48.8 Å². The van der Waals surface area contributed by atoms with Gasteiger partial charge in [-0.05, 0) is 48.8 Å². The molecular weight excluding hydrogens is 156 g/mol. The molecule has 69 valence electrons. The summed E-state index contributed by atoms with van der Waals surface area (Å²) in [5.74, 6) is 0.864. The highest BCUT2D eigenvalue weighted by molar-refractivity contribution is 5.38. The van der Waals surface area contributed by atoms with Crippen molar-refractivity contribution in [2.24, 2.45) is 0 Å². The van der Waals surface area contributed by atoms with Gasteiger partial charge in [0.1, 0.15) is 0 Å². The van der Waals surface area contributed by atoms with Crippen LogP contribution in [0.4, 0.5) is 0 Å². The van der Waals surface area contributed by atoms with Gasteiger partial charge >= 0.3 is 0 Å². The average molecular weight is 173 g/mol.